The van der Waals surface area contributed by atoms with Gasteiger partial charge in [-0.15, -0.1) is 0 Å². The van der Waals surface area contributed by atoms with Crippen molar-refractivity contribution in [1.82, 2.24) is 0 Å². The fourth-order valence-electron chi connectivity index (χ4n) is 3.27. The second kappa shape index (κ2) is 7.60. The van der Waals surface area contributed by atoms with Crippen molar-refractivity contribution in [1.29, 1.82) is 0 Å². The van der Waals surface area contributed by atoms with Gasteiger partial charge >= 0.3 is 0 Å². The van der Waals surface area contributed by atoms with Gasteiger partial charge in [0.25, 0.3) is 0 Å². The number of hydrogen-bond donors (Lipinski definition) is 2. The molecule has 0 saturated carbocycles. The minimum absolute atomic E-state index is 0.0252. The van der Waals surface area contributed by atoms with Crippen molar-refractivity contribution >= 4 is 44.0 Å². The number of thioether (sulfide) groups is 1. The van der Waals surface area contributed by atoms with E-state index < -0.39 is 9.84 Å². The number of nitrogens with one attached hydrogen (secondary N) is 2. The molecule has 2 aromatic rings. The Morgan fingerprint density at radius 1 is 1.07 bits per heavy atom. The number of amides is 1. The second-order valence-electron chi connectivity index (χ2n) is 7.15. The summed E-state index contributed by atoms with van der Waals surface area (Å²) < 4.78 is 23.3. The van der Waals surface area contributed by atoms with Crippen LogP contribution in [0.5, 0.6) is 0 Å². The van der Waals surface area contributed by atoms with Crippen LogP contribution in [0.25, 0.3) is 0 Å². The highest BCUT2D eigenvalue weighted by Crippen LogP contribution is 2.34. The topological polar surface area (TPSA) is 87.6 Å². The SMILES string of the molecule is Cc1ccc(NC(=O)Cc2ccc(NC3=N[C@H]4CS(=O)(=O)C[C@H]4S3)cc2)cc1. The summed E-state index contributed by atoms with van der Waals surface area (Å²) in [7, 11) is -2.94. The van der Waals surface area contributed by atoms with Crippen LogP contribution in [0.4, 0.5) is 11.4 Å². The minimum Gasteiger partial charge on any atom is -0.335 e. The Morgan fingerprint density at radius 2 is 1.75 bits per heavy atom. The van der Waals surface area contributed by atoms with Gasteiger partial charge in [-0.25, -0.2) is 8.42 Å². The Balaban J connectivity index is 1.32. The third-order valence-corrected chi connectivity index (χ3v) is 7.87. The molecular formula is C20H21N3O3S2. The van der Waals surface area contributed by atoms with Crippen LogP contribution in [-0.4, -0.2) is 42.3 Å². The number of rotatable bonds is 4. The summed E-state index contributed by atoms with van der Waals surface area (Å²) in [6, 6.07) is 15.2. The number of aliphatic imine (C=N–C) groups is 1. The lowest BCUT2D eigenvalue weighted by Gasteiger charge is -2.09. The van der Waals surface area contributed by atoms with Crippen LogP contribution in [0.1, 0.15) is 11.1 Å². The van der Waals surface area contributed by atoms with Gasteiger partial charge in [-0.2, -0.15) is 0 Å². The van der Waals surface area contributed by atoms with E-state index in [1.807, 2.05) is 55.5 Å². The molecule has 2 atom stereocenters. The maximum Gasteiger partial charge on any atom is 0.228 e. The normalized spacial score (nSPS) is 22.4. The molecule has 0 aromatic heterocycles. The third-order valence-electron chi connectivity index (χ3n) is 4.72. The molecule has 2 aliphatic heterocycles. The highest BCUT2D eigenvalue weighted by molar-refractivity contribution is 8.15. The lowest BCUT2D eigenvalue weighted by molar-refractivity contribution is -0.115. The first-order valence-electron chi connectivity index (χ1n) is 9.04. The van der Waals surface area contributed by atoms with Gasteiger partial charge in [0.05, 0.1) is 24.0 Å². The summed E-state index contributed by atoms with van der Waals surface area (Å²) in [5.74, 6) is 0.283. The largest absolute Gasteiger partial charge is 0.335 e. The highest BCUT2D eigenvalue weighted by Gasteiger charge is 2.42. The molecule has 0 aliphatic carbocycles. The summed E-state index contributed by atoms with van der Waals surface area (Å²) in [4.78, 5) is 16.7. The van der Waals surface area contributed by atoms with E-state index in [1.54, 1.807) is 0 Å². The van der Waals surface area contributed by atoms with E-state index in [0.29, 0.717) is 6.42 Å². The van der Waals surface area contributed by atoms with Crippen molar-refractivity contribution in [3.8, 4) is 0 Å². The molecule has 6 nitrogen and oxygen atoms in total. The van der Waals surface area contributed by atoms with E-state index in [0.717, 1.165) is 27.7 Å². The number of anilines is 2. The van der Waals surface area contributed by atoms with Gasteiger partial charge in [-0.05, 0) is 36.8 Å². The number of hydrogen-bond acceptors (Lipinski definition) is 6. The Morgan fingerprint density at radius 3 is 2.43 bits per heavy atom. The molecule has 1 fully saturated rings. The van der Waals surface area contributed by atoms with E-state index in [-0.39, 0.29) is 28.7 Å². The fraction of sp³-hybridized carbons (Fsp3) is 0.300. The van der Waals surface area contributed by atoms with Crippen molar-refractivity contribution in [2.45, 2.75) is 24.6 Å². The molecule has 0 bridgehead atoms. The zero-order valence-corrected chi connectivity index (χ0v) is 17.0. The highest BCUT2D eigenvalue weighted by atomic mass is 32.2. The summed E-state index contributed by atoms with van der Waals surface area (Å²) in [6.45, 7) is 2.01. The number of aryl methyl sites for hydroxylation is 1. The standard InChI is InChI=1S/C20H21N3O3S2/c1-13-2-6-15(7-3-13)21-19(24)10-14-4-8-16(9-5-14)22-20-23-17-11-28(25,26)12-18(17)27-20/h2-9,17-18H,10-12H2,1H3,(H,21,24)(H,22,23)/t17-,18+/m0/s1. The first kappa shape index (κ1) is 19.0. The Kier molecular flexibility index (Phi) is 5.16. The number of benzene rings is 2. The molecule has 28 heavy (non-hydrogen) atoms. The Hall–Kier alpha value is -2.32. The molecule has 146 valence electrons. The van der Waals surface area contributed by atoms with Gasteiger partial charge in [0, 0.05) is 16.6 Å². The quantitative estimate of drug-likeness (QED) is 0.802. The van der Waals surface area contributed by atoms with Crippen LogP contribution in [-0.2, 0) is 21.1 Å². The summed E-state index contributed by atoms with van der Waals surface area (Å²) >= 11 is 1.49. The van der Waals surface area contributed by atoms with Crippen molar-refractivity contribution in [2.24, 2.45) is 4.99 Å². The molecule has 2 aromatic carbocycles. The molecular weight excluding hydrogens is 394 g/mol. The van der Waals surface area contributed by atoms with Crippen LogP contribution in [0.3, 0.4) is 0 Å². The number of nitrogens with zero attached hydrogens (tertiary/aromatic N) is 1. The van der Waals surface area contributed by atoms with E-state index >= 15 is 0 Å². The maximum absolute atomic E-state index is 12.2. The lowest BCUT2D eigenvalue weighted by Crippen LogP contribution is -2.14. The molecule has 0 spiro atoms. The third kappa shape index (κ3) is 4.56. The van der Waals surface area contributed by atoms with Crippen LogP contribution in [0, 0.1) is 6.92 Å². The lowest BCUT2D eigenvalue weighted by atomic mass is 10.1. The van der Waals surface area contributed by atoms with Gasteiger partial charge in [-0.3, -0.25) is 9.79 Å². The number of carbonyl (C=O) groups is 1. The molecule has 1 saturated heterocycles. The fourth-order valence-corrected chi connectivity index (χ4v) is 6.95. The molecule has 2 heterocycles. The molecule has 8 heteroatoms. The van der Waals surface area contributed by atoms with Crippen LogP contribution in [0.15, 0.2) is 53.5 Å². The molecule has 0 unspecified atom stereocenters. The zero-order valence-electron chi connectivity index (χ0n) is 15.4. The van der Waals surface area contributed by atoms with Crippen LogP contribution >= 0.6 is 11.8 Å². The minimum atomic E-state index is -2.94. The summed E-state index contributed by atoms with van der Waals surface area (Å²) in [5.41, 5.74) is 3.73. The first-order chi connectivity index (χ1) is 13.4. The van der Waals surface area contributed by atoms with Crippen LogP contribution in [0.2, 0.25) is 0 Å². The first-order valence-corrected chi connectivity index (χ1v) is 11.7. The van der Waals surface area contributed by atoms with Crippen LogP contribution < -0.4 is 10.6 Å². The van der Waals surface area contributed by atoms with E-state index in [9.17, 15) is 13.2 Å². The predicted octanol–water partition coefficient (Wildman–Crippen LogP) is 2.86. The van der Waals surface area contributed by atoms with Crippen molar-refractivity contribution < 1.29 is 13.2 Å². The molecule has 0 radical (unpaired) electrons. The smallest absolute Gasteiger partial charge is 0.228 e. The van der Waals surface area contributed by atoms with E-state index in [1.165, 1.54) is 11.8 Å². The van der Waals surface area contributed by atoms with Gasteiger partial charge in [0.1, 0.15) is 0 Å². The van der Waals surface area contributed by atoms with Gasteiger partial charge in [0.15, 0.2) is 15.0 Å². The number of carbonyl (C=O) groups excluding carboxylic acids is 1. The van der Waals surface area contributed by atoms with Crippen molar-refractivity contribution in [3.05, 3.63) is 59.7 Å². The number of amidine groups is 1. The Labute approximate surface area is 168 Å². The van der Waals surface area contributed by atoms with E-state index in [2.05, 4.69) is 15.6 Å². The van der Waals surface area contributed by atoms with Gasteiger partial charge < -0.3 is 10.6 Å². The average Bonchev–Trinajstić information content (AvgIpc) is 3.11. The summed E-state index contributed by atoms with van der Waals surface area (Å²) in [5, 5.41) is 6.92. The van der Waals surface area contributed by atoms with Gasteiger partial charge in [-0.1, -0.05) is 41.6 Å². The second-order valence-corrected chi connectivity index (χ2v) is 10.5. The van der Waals surface area contributed by atoms with Crippen molar-refractivity contribution in [3.63, 3.8) is 0 Å². The van der Waals surface area contributed by atoms with Crippen molar-refractivity contribution in [2.75, 3.05) is 22.1 Å². The Bertz CT molecular complexity index is 1020. The number of sulfone groups is 1. The summed E-state index contributed by atoms with van der Waals surface area (Å²) in [6.07, 6.45) is 0.297. The molecule has 4 rings (SSSR count). The molecule has 2 N–H and O–H groups in total. The monoisotopic (exact) mass is 415 g/mol. The average molecular weight is 416 g/mol. The predicted molar refractivity (Wildman–Crippen MR) is 115 cm³/mol. The van der Waals surface area contributed by atoms with Gasteiger partial charge in [0.2, 0.25) is 5.91 Å². The van der Waals surface area contributed by atoms with E-state index in [4.69, 9.17) is 0 Å². The molecule has 2 aliphatic rings. The molecule has 1 amide bonds. The number of fused-ring (bicyclic) bond motifs is 1. The zero-order chi connectivity index (χ0) is 19.7. The maximum atomic E-state index is 12.2.